The molecule has 4 atom stereocenters. The predicted octanol–water partition coefficient (Wildman–Crippen LogP) is 2.92. The first-order valence-electron chi connectivity index (χ1n) is 7.32. The van der Waals surface area contributed by atoms with E-state index in [1.54, 1.807) is 0 Å². The van der Waals surface area contributed by atoms with Gasteiger partial charge in [-0.3, -0.25) is 0 Å². The van der Waals surface area contributed by atoms with Crippen molar-refractivity contribution < 1.29 is 9.84 Å². The van der Waals surface area contributed by atoms with Crippen molar-refractivity contribution in [2.24, 2.45) is 17.3 Å². The summed E-state index contributed by atoms with van der Waals surface area (Å²) in [4.78, 5) is 0. The van der Waals surface area contributed by atoms with Crippen LogP contribution in [0.25, 0.3) is 0 Å². The molecule has 1 aliphatic heterocycles. The first kappa shape index (κ1) is 13.7. The third kappa shape index (κ3) is 2.05. The highest BCUT2D eigenvalue weighted by Crippen LogP contribution is 2.52. The molecule has 1 fully saturated rings. The SMILES string of the molecule is CC1=CC(C)C2(CO)COC(c3ccc(N)cc3)C1C2. The number of aliphatic hydroxyl groups is 1. The van der Waals surface area contributed by atoms with E-state index in [2.05, 4.69) is 32.1 Å². The summed E-state index contributed by atoms with van der Waals surface area (Å²) in [5.41, 5.74) is 8.99. The molecule has 0 amide bonds. The smallest absolute Gasteiger partial charge is 0.0890 e. The van der Waals surface area contributed by atoms with Crippen LogP contribution in [0.3, 0.4) is 0 Å². The topological polar surface area (TPSA) is 55.5 Å². The van der Waals surface area contributed by atoms with E-state index in [9.17, 15) is 5.11 Å². The number of rotatable bonds is 2. The van der Waals surface area contributed by atoms with Gasteiger partial charge < -0.3 is 15.6 Å². The van der Waals surface area contributed by atoms with E-state index in [4.69, 9.17) is 10.5 Å². The van der Waals surface area contributed by atoms with E-state index in [1.807, 2.05) is 12.1 Å². The Balaban J connectivity index is 1.94. The first-order valence-corrected chi connectivity index (χ1v) is 7.32. The van der Waals surface area contributed by atoms with Crippen LogP contribution in [0.2, 0.25) is 0 Å². The van der Waals surface area contributed by atoms with E-state index < -0.39 is 0 Å². The zero-order chi connectivity index (χ0) is 14.3. The Hall–Kier alpha value is -1.32. The van der Waals surface area contributed by atoms with Gasteiger partial charge in [0.15, 0.2) is 0 Å². The number of nitrogens with two attached hydrogens (primary N) is 1. The average Bonchev–Trinajstić information content (AvgIpc) is 2.46. The molecule has 1 saturated heterocycles. The van der Waals surface area contributed by atoms with E-state index in [0.717, 1.165) is 12.1 Å². The van der Waals surface area contributed by atoms with Crippen LogP contribution in [0.15, 0.2) is 35.9 Å². The van der Waals surface area contributed by atoms with Crippen LogP contribution in [0, 0.1) is 17.3 Å². The number of nitrogen functional groups attached to an aromatic ring is 1. The minimum absolute atomic E-state index is 0.0824. The Morgan fingerprint density at radius 1 is 1.35 bits per heavy atom. The molecule has 1 heterocycles. The Kier molecular flexibility index (Phi) is 3.35. The molecule has 0 spiro atoms. The van der Waals surface area contributed by atoms with Gasteiger partial charge in [0.25, 0.3) is 0 Å². The number of aliphatic hydroxyl groups excluding tert-OH is 1. The van der Waals surface area contributed by atoms with E-state index in [1.165, 1.54) is 11.1 Å². The van der Waals surface area contributed by atoms with Gasteiger partial charge in [-0.1, -0.05) is 30.7 Å². The summed E-state index contributed by atoms with van der Waals surface area (Å²) in [5.74, 6) is 0.729. The molecular weight excluding hydrogens is 250 g/mol. The molecule has 3 heteroatoms. The van der Waals surface area contributed by atoms with Crippen LogP contribution in [0.5, 0.6) is 0 Å². The fraction of sp³-hybridized carbons (Fsp3) is 0.529. The molecule has 1 aromatic carbocycles. The lowest BCUT2D eigenvalue weighted by Crippen LogP contribution is -2.47. The number of hydrogen-bond acceptors (Lipinski definition) is 3. The summed E-state index contributed by atoms with van der Waals surface area (Å²) < 4.78 is 6.16. The number of allylic oxidation sites excluding steroid dienone is 1. The first-order chi connectivity index (χ1) is 9.55. The van der Waals surface area contributed by atoms with Gasteiger partial charge in [-0.25, -0.2) is 0 Å². The van der Waals surface area contributed by atoms with Crippen molar-refractivity contribution in [1.29, 1.82) is 0 Å². The second-order valence-electron chi connectivity index (χ2n) is 6.43. The van der Waals surface area contributed by atoms with Gasteiger partial charge in [0.05, 0.1) is 19.3 Å². The second-order valence-corrected chi connectivity index (χ2v) is 6.43. The molecule has 108 valence electrons. The van der Waals surface area contributed by atoms with Crippen molar-refractivity contribution in [1.82, 2.24) is 0 Å². The van der Waals surface area contributed by atoms with E-state index in [-0.39, 0.29) is 18.1 Å². The van der Waals surface area contributed by atoms with Gasteiger partial charge in [-0.2, -0.15) is 0 Å². The van der Waals surface area contributed by atoms with Crippen LogP contribution in [-0.4, -0.2) is 18.3 Å². The Morgan fingerprint density at radius 3 is 2.70 bits per heavy atom. The lowest BCUT2D eigenvalue weighted by molar-refractivity contribution is -0.130. The maximum atomic E-state index is 9.82. The lowest BCUT2D eigenvalue weighted by Gasteiger charge is -2.50. The minimum atomic E-state index is -0.103. The van der Waals surface area contributed by atoms with Crippen LogP contribution in [-0.2, 0) is 4.74 Å². The number of anilines is 1. The van der Waals surface area contributed by atoms with E-state index in [0.29, 0.717) is 18.4 Å². The van der Waals surface area contributed by atoms with Crippen molar-refractivity contribution in [3.05, 3.63) is 41.5 Å². The lowest BCUT2D eigenvalue weighted by atomic mass is 9.62. The number of ether oxygens (including phenoxy) is 1. The van der Waals surface area contributed by atoms with Crippen LogP contribution >= 0.6 is 0 Å². The molecule has 2 aliphatic rings. The quantitative estimate of drug-likeness (QED) is 0.643. The molecular formula is C17H23NO2. The second kappa shape index (κ2) is 4.90. The third-order valence-electron chi connectivity index (χ3n) is 5.19. The van der Waals surface area contributed by atoms with Crippen LogP contribution in [0.4, 0.5) is 5.69 Å². The van der Waals surface area contributed by atoms with Gasteiger partial charge in [-0.15, -0.1) is 0 Å². The summed E-state index contributed by atoms with van der Waals surface area (Å²) >= 11 is 0. The summed E-state index contributed by atoms with van der Waals surface area (Å²) in [6.45, 7) is 5.19. The summed E-state index contributed by atoms with van der Waals surface area (Å²) in [7, 11) is 0. The van der Waals surface area contributed by atoms with Crippen LogP contribution in [0.1, 0.15) is 31.9 Å². The molecule has 20 heavy (non-hydrogen) atoms. The molecule has 4 unspecified atom stereocenters. The van der Waals surface area contributed by atoms with Gasteiger partial charge in [0.2, 0.25) is 0 Å². The van der Waals surface area contributed by atoms with Crippen molar-refractivity contribution >= 4 is 5.69 Å². The maximum Gasteiger partial charge on any atom is 0.0890 e. The van der Waals surface area contributed by atoms with Gasteiger partial charge >= 0.3 is 0 Å². The molecule has 3 nitrogen and oxygen atoms in total. The monoisotopic (exact) mass is 273 g/mol. The van der Waals surface area contributed by atoms with Gasteiger partial charge in [0.1, 0.15) is 0 Å². The highest BCUT2D eigenvalue weighted by Gasteiger charge is 2.47. The van der Waals surface area contributed by atoms with Crippen molar-refractivity contribution in [2.45, 2.75) is 26.4 Å². The van der Waals surface area contributed by atoms with Gasteiger partial charge in [0, 0.05) is 17.0 Å². The molecule has 1 aromatic rings. The molecule has 1 aliphatic carbocycles. The third-order valence-corrected chi connectivity index (χ3v) is 5.19. The maximum absolute atomic E-state index is 9.82. The molecule has 0 aromatic heterocycles. The fourth-order valence-corrected chi connectivity index (χ4v) is 3.66. The number of fused-ring (bicyclic) bond motifs is 2. The molecule has 0 radical (unpaired) electrons. The molecule has 2 bridgehead atoms. The Labute approximate surface area is 120 Å². The minimum Gasteiger partial charge on any atom is -0.399 e. The number of hydrogen-bond donors (Lipinski definition) is 2. The fourth-order valence-electron chi connectivity index (χ4n) is 3.66. The zero-order valence-corrected chi connectivity index (χ0v) is 12.2. The highest BCUT2D eigenvalue weighted by atomic mass is 16.5. The number of benzene rings is 1. The van der Waals surface area contributed by atoms with Crippen LogP contribution < -0.4 is 5.73 Å². The summed E-state index contributed by atoms with van der Waals surface area (Å²) in [6, 6.07) is 7.96. The van der Waals surface area contributed by atoms with Crippen molar-refractivity contribution in [3.8, 4) is 0 Å². The molecule has 0 saturated carbocycles. The molecule has 3 rings (SSSR count). The van der Waals surface area contributed by atoms with Gasteiger partial charge in [-0.05, 0) is 37.0 Å². The highest BCUT2D eigenvalue weighted by molar-refractivity contribution is 5.40. The van der Waals surface area contributed by atoms with Crippen molar-refractivity contribution in [3.63, 3.8) is 0 Å². The predicted molar refractivity (Wildman–Crippen MR) is 80.1 cm³/mol. The van der Waals surface area contributed by atoms with Crippen molar-refractivity contribution in [2.75, 3.05) is 18.9 Å². The Bertz CT molecular complexity index is 522. The normalized spacial score (nSPS) is 36.5. The largest absolute Gasteiger partial charge is 0.399 e. The molecule has 3 N–H and O–H groups in total. The summed E-state index contributed by atoms with van der Waals surface area (Å²) in [5, 5.41) is 9.82. The summed E-state index contributed by atoms with van der Waals surface area (Å²) in [6.07, 6.45) is 3.40. The average molecular weight is 273 g/mol. The van der Waals surface area contributed by atoms with E-state index >= 15 is 0 Å². The standard InChI is InChI=1S/C17H23NO2/c1-11-7-12(2)17(9-19)8-15(11)16(20-10-17)13-3-5-14(18)6-4-13/h3-7,12,15-16,19H,8-10,18H2,1-2H3. The Morgan fingerprint density at radius 2 is 2.05 bits per heavy atom. The zero-order valence-electron chi connectivity index (χ0n) is 12.2.